The molecule has 1 saturated heterocycles. The van der Waals surface area contributed by atoms with E-state index in [1.807, 2.05) is 38.1 Å². The molecule has 6 heteroatoms. The number of para-hydroxylation sites is 1. The van der Waals surface area contributed by atoms with Gasteiger partial charge in [-0.05, 0) is 32.8 Å². The van der Waals surface area contributed by atoms with Gasteiger partial charge >= 0.3 is 0 Å². The highest BCUT2D eigenvalue weighted by Crippen LogP contribution is 2.32. The number of hydrogen-bond donors (Lipinski definition) is 0. The molecule has 0 aromatic heterocycles. The Morgan fingerprint density at radius 2 is 2.00 bits per heavy atom. The van der Waals surface area contributed by atoms with E-state index in [-0.39, 0.29) is 12.1 Å². The number of piperidine rings is 1. The Hall–Kier alpha value is -1.11. The van der Waals surface area contributed by atoms with Gasteiger partial charge in [-0.2, -0.15) is 17.0 Å². The van der Waals surface area contributed by atoms with Crippen LogP contribution >= 0.6 is 0 Å². The van der Waals surface area contributed by atoms with Gasteiger partial charge in [-0.1, -0.05) is 24.6 Å². The Kier molecular flexibility index (Phi) is 5.47. The first-order chi connectivity index (χ1) is 10.4. The Balaban J connectivity index is 2.27. The molecule has 1 aliphatic rings. The molecule has 1 fully saturated rings. The molecule has 1 aromatic carbocycles. The summed E-state index contributed by atoms with van der Waals surface area (Å²) in [6.45, 7) is 4.48. The summed E-state index contributed by atoms with van der Waals surface area (Å²) in [5.74, 6) is 0.712. The van der Waals surface area contributed by atoms with Crippen molar-refractivity contribution in [1.29, 1.82) is 0 Å². The first-order valence-electron chi connectivity index (χ1n) is 7.77. The second-order valence-electron chi connectivity index (χ2n) is 5.90. The summed E-state index contributed by atoms with van der Waals surface area (Å²) in [5, 5.41) is 0. The van der Waals surface area contributed by atoms with Crippen LogP contribution in [0.3, 0.4) is 0 Å². The highest BCUT2D eigenvalue weighted by atomic mass is 32.2. The zero-order valence-corrected chi connectivity index (χ0v) is 14.6. The third kappa shape index (κ3) is 3.29. The van der Waals surface area contributed by atoms with Crippen molar-refractivity contribution < 1.29 is 13.2 Å². The van der Waals surface area contributed by atoms with Crippen LogP contribution in [0, 0.1) is 0 Å². The maximum Gasteiger partial charge on any atom is 0.282 e. The minimum Gasteiger partial charge on any atom is -0.496 e. The molecule has 22 heavy (non-hydrogen) atoms. The van der Waals surface area contributed by atoms with Gasteiger partial charge in [-0.15, -0.1) is 0 Å². The van der Waals surface area contributed by atoms with Gasteiger partial charge in [0, 0.05) is 25.2 Å². The number of benzene rings is 1. The van der Waals surface area contributed by atoms with Crippen molar-refractivity contribution in [3.63, 3.8) is 0 Å². The first-order valence-corrected chi connectivity index (χ1v) is 9.17. The second-order valence-corrected chi connectivity index (χ2v) is 7.84. The quantitative estimate of drug-likeness (QED) is 0.836. The maximum atomic E-state index is 12.9. The summed E-state index contributed by atoms with van der Waals surface area (Å²) < 4.78 is 34.3. The Labute approximate surface area is 134 Å². The molecule has 0 radical (unpaired) electrons. The first kappa shape index (κ1) is 17.2. The van der Waals surface area contributed by atoms with E-state index >= 15 is 0 Å². The highest BCUT2D eigenvalue weighted by molar-refractivity contribution is 7.86. The smallest absolute Gasteiger partial charge is 0.282 e. The lowest BCUT2D eigenvalue weighted by Crippen LogP contribution is -2.49. The molecule has 124 valence electrons. The molecule has 2 atom stereocenters. The second kappa shape index (κ2) is 6.98. The number of ether oxygens (including phenoxy) is 1. The lowest BCUT2D eigenvalue weighted by Gasteiger charge is -2.37. The molecule has 0 amide bonds. The average Bonchev–Trinajstić information content (AvgIpc) is 2.53. The van der Waals surface area contributed by atoms with Crippen LogP contribution in [0.4, 0.5) is 0 Å². The monoisotopic (exact) mass is 326 g/mol. The normalized spacial score (nSPS) is 21.8. The van der Waals surface area contributed by atoms with Gasteiger partial charge < -0.3 is 4.74 Å². The van der Waals surface area contributed by atoms with E-state index in [1.165, 1.54) is 4.31 Å². The van der Waals surface area contributed by atoms with E-state index in [4.69, 9.17) is 4.74 Å². The fraction of sp³-hybridized carbons (Fsp3) is 0.625. The molecular formula is C16H26N2O3S. The zero-order chi connectivity index (χ0) is 16.3. The van der Waals surface area contributed by atoms with Crippen LogP contribution in [0.1, 0.15) is 44.7 Å². The predicted octanol–water partition coefficient (Wildman–Crippen LogP) is 2.81. The van der Waals surface area contributed by atoms with Crippen molar-refractivity contribution in [1.82, 2.24) is 8.61 Å². The van der Waals surface area contributed by atoms with Crippen LogP contribution in [0.5, 0.6) is 5.75 Å². The van der Waals surface area contributed by atoms with E-state index in [0.717, 1.165) is 24.8 Å². The molecule has 5 nitrogen and oxygen atoms in total. The van der Waals surface area contributed by atoms with Crippen molar-refractivity contribution in [2.24, 2.45) is 0 Å². The number of nitrogens with zero attached hydrogens (tertiary/aromatic N) is 2. The lowest BCUT2D eigenvalue weighted by molar-refractivity contribution is 0.241. The van der Waals surface area contributed by atoms with E-state index in [2.05, 4.69) is 0 Å². The molecule has 1 heterocycles. The standard InChI is InChI=1S/C16H26N2O3S/c1-13-9-7-8-12-18(13)22(19,20)17(3)14(2)15-10-5-6-11-16(15)21-4/h5-6,10-11,13-14H,7-9,12H2,1-4H3/t13-,14-/m1/s1. The van der Waals surface area contributed by atoms with Gasteiger partial charge in [0.1, 0.15) is 5.75 Å². The predicted molar refractivity (Wildman–Crippen MR) is 88.1 cm³/mol. The molecular weight excluding hydrogens is 300 g/mol. The van der Waals surface area contributed by atoms with E-state index in [9.17, 15) is 8.42 Å². The van der Waals surface area contributed by atoms with Crippen LogP contribution < -0.4 is 4.74 Å². The molecule has 0 bridgehead atoms. The SMILES string of the molecule is COc1ccccc1[C@@H](C)N(C)S(=O)(=O)N1CCCC[C@H]1C. The van der Waals surface area contributed by atoms with Gasteiger partial charge in [0.25, 0.3) is 10.2 Å². The average molecular weight is 326 g/mol. The minimum absolute atomic E-state index is 0.0612. The summed E-state index contributed by atoms with van der Waals surface area (Å²) in [7, 11) is -0.222. The molecule has 0 unspecified atom stereocenters. The van der Waals surface area contributed by atoms with Crippen molar-refractivity contribution in [3.8, 4) is 5.75 Å². The molecule has 1 aliphatic heterocycles. The van der Waals surface area contributed by atoms with E-state index in [0.29, 0.717) is 12.3 Å². The van der Waals surface area contributed by atoms with Gasteiger partial charge in [0.05, 0.1) is 13.2 Å². The Bertz CT molecular complexity index is 603. The van der Waals surface area contributed by atoms with Crippen LogP contribution in [-0.4, -0.2) is 43.8 Å². The molecule has 0 aliphatic carbocycles. The molecule has 1 aromatic rings. The van der Waals surface area contributed by atoms with Gasteiger partial charge in [-0.3, -0.25) is 0 Å². The summed E-state index contributed by atoms with van der Waals surface area (Å²) in [6, 6.07) is 7.33. The summed E-state index contributed by atoms with van der Waals surface area (Å²) in [4.78, 5) is 0. The van der Waals surface area contributed by atoms with Crippen molar-refractivity contribution in [3.05, 3.63) is 29.8 Å². The van der Waals surface area contributed by atoms with Crippen LogP contribution in [0.2, 0.25) is 0 Å². The fourth-order valence-electron chi connectivity index (χ4n) is 2.99. The van der Waals surface area contributed by atoms with Crippen molar-refractivity contribution >= 4 is 10.2 Å². The van der Waals surface area contributed by atoms with Crippen molar-refractivity contribution in [2.75, 3.05) is 20.7 Å². The third-order valence-corrected chi connectivity index (χ3v) is 6.72. The summed E-state index contributed by atoms with van der Waals surface area (Å²) in [6.07, 6.45) is 2.95. The molecule has 0 N–H and O–H groups in total. The van der Waals surface area contributed by atoms with Gasteiger partial charge in [-0.25, -0.2) is 0 Å². The van der Waals surface area contributed by atoms with Crippen molar-refractivity contribution in [2.45, 2.75) is 45.2 Å². The molecule has 2 rings (SSSR count). The highest BCUT2D eigenvalue weighted by Gasteiger charge is 2.35. The van der Waals surface area contributed by atoms with Crippen LogP contribution in [0.25, 0.3) is 0 Å². The van der Waals surface area contributed by atoms with E-state index in [1.54, 1.807) is 18.5 Å². The Morgan fingerprint density at radius 3 is 2.64 bits per heavy atom. The molecule has 0 saturated carbocycles. The zero-order valence-electron chi connectivity index (χ0n) is 13.8. The Morgan fingerprint density at radius 1 is 1.32 bits per heavy atom. The number of hydrogen-bond acceptors (Lipinski definition) is 3. The maximum absolute atomic E-state index is 12.9. The minimum atomic E-state index is -3.47. The lowest BCUT2D eigenvalue weighted by atomic mass is 10.1. The summed E-state index contributed by atoms with van der Waals surface area (Å²) >= 11 is 0. The topological polar surface area (TPSA) is 49.9 Å². The number of rotatable bonds is 5. The summed E-state index contributed by atoms with van der Waals surface area (Å²) in [5.41, 5.74) is 0.876. The largest absolute Gasteiger partial charge is 0.496 e. The van der Waals surface area contributed by atoms with Gasteiger partial charge in [0.2, 0.25) is 0 Å². The van der Waals surface area contributed by atoms with Gasteiger partial charge in [0.15, 0.2) is 0 Å². The number of methoxy groups -OCH3 is 1. The fourth-order valence-corrected chi connectivity index (χ4v) is 4.75. The third-order valence-electron chi connectivity index (χ3n) is 4.54. The van der Waals surface area contributed by atoms with E-state index < -0.39 is 10.2 Å². The van der Waals surface area contributed by atoms with Crippen LogP contribution in [0.15, 0.2) is 24.3 Å². The molecule has 0 spiro atoms. The van der Waals surface area contributed by atoms with Crippen LogP contribution in [-0.2, 0) is 10.2 Å².